The predicted octanol–water partition coefficient (Wildman–Crippen LogP) is 3.63. The molecule has 0 unspecified atom stereocenters. The zero-order valence-electron chi connectivity index (χ0n) is 8.14. The Labute approximate surface area is 91.1 Å². The van der Waals surface area contributed by atoms with E-state index in [-0.39, 0.29) is 10.6 Å². The Hall–Kier alpha value is -1.68. The van der Waals surface area contributed by atoms with E-state index < -0.39 is 0 Å². The SMILES string of the molecule is Cc1ccc(-c2cccs2)c([N+](=O)[O-])c1. The molecular weight excluding hydrogens is 210 g/mol. The molecule has 0 atom stereocenters. The number of hydrogen-bond acceptors (Lipinski definition) is 3. The van der Waals surface area contributed by atoms with Gasteiger partial charge in [0.05, 0.1) is 10.5 Å². The molecule has 0 aliphatic rings. The minimum Gasteiger partial charge on any atom is -0.258 e. The van der Waals surface area contributed by atoms with Gasteiger partial charge >= 0.3 is 0 Å². The summed E-state index contributed by atoms with van der Waals surface area (Å²) >= 11 is 1.51. The highest BCUT2D eigenvalue weighted by atomic mass is 32.1. The molecule has 2 rings (SSSR count). The monoisotopic (exact) mass is 219 g/mol. The average molecular weight is 219 g/mol. The molecule has 0 saturated heterocycles. The Balaban J connectivity index is 2.61. The van der Waals surface area contributed by atoms with E-state index in [2.05, 4.69) is 0 Å². The molecule has 3 nitrogen and oxygen atoms in total. The standard InChI is InChI=1S/C11H9NO2S/c1-8-4-5-9(10(7-8)12(13)14)11-3-2-6-15-11/h2-7H,1H3. The first-order chi connectivity index (χ1) is 7.18. The molecule has 2 aromatic rings. The van der Waals surface area contributed by atoms with Crippen molar-refractivity contribution in [1.29, 1.82) is 0 Å². The van der Waals surface area contributed by atoms with Gasteiger partial charge in [-0.2, -0.15) is 0 Å². The second-order valence-corrected chi connectivity index (χ2v) is 4.20. The summed E-state index contributed by atoms with van der Waals surface area (Å²) in [5, 5.41) is 12.8. The summed E-state index contributed by atoms with van der Waals surface area (Å²) in [5.74, 6) is 0. The van der Waals surface area contributed by atoms with Gasteiger partial charge < -0.3 is 0 Å². The maximum absolute atomic E-state index is 10.9. The fourth-order valence-corrected chi connectivity index (χ4v) is 2.19. The normalized spacial score (nSPS) is 10.2. The van der Waals surface area contributed by atoms with Gasteiger partial charge in [-0.25, -0.2) is 0 Å². The first-order valence-corrected chi connectivity index (χ1v) is 5.35. The van der Waals surface area contributed by atoms with Gasteiger partial charge in [0.25, 0.3) is 5.69 Å². The topological polar surface area (TPSA) is 43.1 Å². The van der Waals surface area contributed by atoms with Crippen LogP contribution in [-0.2, 0) is 0 Å². The van der Waals surface area contributed by atoms with Crippen molar-refractivity contribution in [2.24, 2.45) is 0 Å². The van der Waals surface area contributed by atoms with Crippen LogP contribution in [0.25, 0.3) is 10.4 Å². The third-order valence-electron chi connectivity index (χ3n) is 2.14. The lowest BCUT2D eigenvalue weighted by Gasteiger charge is -2.01. The minimum atomic E-state index is -0.331. The van der Waals surface area contributed by atoms with Gasteiger partial charge in [0.15, 0.2) is 0 Å². The summed E-state index contributed by atoms with van der Waals surface area (Å²) in [6.07, 6.45) is 0. The fourth-order valence-electron chi connectivity index (χ4n) is 1.43. The lowest BCUT2D eigenvalue weighted by Crippen LogP contribution is -1.91. The first-order valence-electron chi connectivity index (χ1n) is 4.47. The number of nitro benzene ring substituents is 1. The van der Waals surface area contributed by atoms with Crippen LogP contribution in [0.5, 0.6) is 0 Å². The van der Waals surface area contributed by atoms with Crippen molar-refractivity contribution in [3.63, 3.8) is 0 Å². The summed E-state index contributed by atoms with van der Waals surface area (Å²) in [4.78, 5) is 11.5. The van der Waals surface area contributed by atoms with Crippen molar-refractivity contribution in [1.82, 2.24) is 0 Å². The highest BCUT2D eigenvalue weighted by molar-refractivity contribution is 7.13. The van der Waals surface area contributed by atoms with Crippen LogP contribution in [0, 0.1) is 17.0 Å². The van der Waals surface area contributed by atoms with E-state index in [9.17, 15) is 10.1 Å². The number of hydrogen-bond donors (Lipinski definition) is 0. The Morgan fingerprint density at radius 2 is 2.13 bits per heavy atom. The van der Waals surface area contributed by atoms with Gasteiger partial charge in [-0.05, 0) is 30.0 Å². The van der Waals surface area contributed by atoms with Gasteiger partial charge in [0, 0.05) is 10.9 Å². The molecule has 4 heteroatoms. The van der Waals surface area contributed by atoms with Gasteiger partial charge in [0.2, 0.25) is 0 Å². The van der Waals surface area contributed by atoms with E-state index in [1.54, 1.807) is 12.1 Å². The average Bonchev–Trinajstić information content (AvgIpc) is 2.70. The number of aryl methyl sites for hydroxylation is 1. The largest absolute Gasteiger partial charge is 0.278 e. The zero-order chi connectivity index (χ0) is 10.8. The molecule has 0 saturated carbocycles. The highest BCUT2D eigenvalue weighted by Gasteiger charge is 2.15. The molecule has 0 bridgehead atoms. The lowest BCUT2D eigenvalue weighted by molar-refractivity contribution is -0.384. The maximum atomic E-state index is 10.9. The van der Waals surface area contributed by atoms with Gasteiger partial charge in [0.1, 0.15) is 0 Å². The van der Waals surface area contributed by atoms with E-state index in [1.807, 2.05) is 30.5 Å². The van der Waals surface area contributed by atoms with E-state index in [1.165, 1.54) is 11.3 Å². The van der Waals surface area contributed by atoms with Crippen molar-refractivity contribution >= 4 is 17.0 Å². The molecule has 1 aromatic heterocycles. The molecule has 0 spiro atoms. The summed E-state index contributed by atoms with van der Waals surface area (Å²) in [7, 11) is 0. The van der Waals surface area contributed by atoms with Crippen LogP contribution < -0.4 is 0 Å². The Kier molecular flexibility index (Phi) is 2.51. The van der Waals surface area contributed by atoms with Crippen molar-refractivity contribution in [2.45, 2.75) is 6.92 Å². The third-order valence-corrected chi connectivity index (χ3v) is 3.04. The molecule has 15 heavy (non-hydrogen) atoms. The molecule has 0 fully saturated rings. The van der Waals surface area contributed by atoms with Crippen molar-refractivity contribution in [3.05, 3.63) is 51.4 Å². The van der Waals surface area contributed by atoms with Crippen LogP contribution in [0.15, 0.2) is 35.7 Å². The molecule has 1 heterocycles. The number of nitrogens with zero attached hydrogens (tertiary/aromatic N) is 1. The lowest BCUT2D eigenvalue weighted by atomic mass is 10.1. The minimum absolute atomic E-state index is 0.178. The van der Waals surface area contributed by atoms with Crippen LogP contribution in [0.2, 0.25) is 0 Å². The fraction of sp³-hybridized carbons (Fsp3) is 0.0909. The van der Waals surface area contributed by atoms with Crippen LogP contribution in [-0.4, -0.2) is 4.92 Å². The summed E-state index contributed by atoms with van der Waals surface area (Å²) < 4.78 is 0. The molecular formula is C11H9NO2S. The quantitative estimate of drug-likeness (QED) is 0.571. The molecule has 0 aliphatic carbocycles. The van der Waals surface area contributed by atoms with Crippen LogP contribution in [0.3, 0.4) is 0 Å². The van der Waals surface area contributed by atoms with E-state index in [0.717, 1.165) is 10.4 Å². The van der Waals surface area contributed by atoms with Crippen LogP contribution in [0.1, 0.15) is 5.56 Å². The van der Waals surface area contributed by atoms with Crippen molar-refractivity contribution < 1.29 is 4.92 Å². The number of nitro groups is 1. The maximum Gasteiger partial charge on any atom is 0.278 e. The number of benzene rings is 1. The van der Waals surface area contributed by atoms with E-state index in [0.29, 0.717) is 5.56 Å². The second kappa shape index (κ2) is 3.82. The van der Waals surface area contributed by atoms with Crippen LogP contribution >= 0.6 is 11.3 Å². The first kappa shape index (κ1) is 9.86. The molecule has 0 N–H and O–H groups in total. The predicted molar refractivity (Wildman–Crippen MR) is 61.1 cm³/mol. The number of thiophene rings is 1. The smallest absolute Gasteiger partial charge is 0.258 e. The van der Waals surface area contributed by atoms with Gasteiger partial charge in [-0.1, -0.05) is 12.1 Å². The van der Waals surface area contributed by atoms with Crippen molar-refractivity contribution in [2.75, 3.05) is 0 Å². The Morgan fingerprint density at radius 3 is 2.73 bits per heavy atom. The molecule has 0 radical (unpaired) electrons. The number of rotatable bonds is 2. The summed E-state index contributed by atoms with van der Waals surface area (Å²) in [5.41, 5.74) is 1.78. The Bertz CT molecular complexity index is 491. The van der Waals surface area contributed by atoms with Crippen molar-refractivity contribution in [3.8, 4) is 10.4 Å². The Morgan fingerprint density at radius 1 is 1.33 bits per heavy atom. The van der Waals surface area contributed by atoms with E-state index in [4.69, 9.17) is 0 Å². The second-order valence-electron chi connectivity index (χ2n) is 3.26. The molecule has 76 valence electrons. The summed E-state index contributed by atoms with van der Waals surface area (Å²) in [6, 6.07) is 9.09. The summed E-state index contributed by atoms with van der Waals surface area (Å²) in [6.45, 7) is 1.85. The van der Waals surface area contributed by atoms with Gasteiger partial charge in [-0.3, -0.25) is 10.1 Å². The van der Waals surface area contributed by atoms with E-state index >= 15 is 0 Å². The molecule has 0 aliphatic heterocycles. The third kappa shape index (κ3) is 1.89. The molecule has 0 amide bonds. The highest BCUT2D eigenvalue weighted by Crippen LogP contribution is 2.33. The van der Waals surface area contributed by atoms with Gasteiger partial charge in [-0.15, -0.1) is 11.3 Å². The zero-order valence-corrected chi connectivity index (χ0v) is 8.95. The van der Waals surface area contributed by atoms with Crippen LogP contribution in [0.4, 0.5) is 5.69 Å². The molecule has 1 aromatic carbocycles.